The molecule has 2 heteroatoms. The Bertz CT molecular complexity index is 690. The number of hydrogen-bond acceptors (Lipinski definition) is 2. The Hall–Kier alpha value is -1.93. The third-order valence-electron chi connectivity index (χ3n) is 4.86. The van der Waals surface area contributed by atoms with Gasteiger partial charge in [-0.2, -0.15) is 0 Å². The molecule has 0 aliphatic carbocycles. The van der Waals surface area contributed by atoms with Crippen LogP contribution in [0.4, 0.5) is 0 Å². The summed E-state index contributed by atoms with van der Waals surface area (Å²) in [6.07, 6.45) is 7.39. The molecular formula is C24H33NO. The highest BCUT2D eigenvalue weighted by Gasteiger charge is 2.06. The Morgan fingerprint density at radius 1 is 0.846 bits per heavy atom. The Morgan fingerprint density at radius 2 is 1.54 bits per heavy atom. The van der Waals surface area contributed by atoms with Gasteiger partial charge in [0.15, 0.2) is 5.78 Å². The van der Waals surface area contributed by atoms with Crippen molar-refractivity contribution in [2.24, 2.45) is 0 Å². The van der Waals surface area contributed by atoms with E-state index in [1.54, 1.807) is 0 Å². The Balaban J connectivity index is 1.72. The lowest BCUT2D eigenvalue weighted by Crippen LogP contribution is -2.13. The van der Waals surface area contributed by atoms with Crippen LogP contribution in [0.15, 0.2) is 48.5 Å². The third-order valence-corrected chi connectivity index (χ3v) is 4.86. The lowest BCUT2D eigenvalue weighted by molar-refractivity contribution is 0.0979. The van der Waals surface area contributed by atoms with Crippen LogP contribution in [-0.4, -0.2) is 31.3 Å². The van der Waals surface area contributed by atoms with Crippen LogP contribution in [0, 0.1) is 6.92 Å². The maximum Gasteiger partial charge on any atom is 0.162 e. The van der Waals surface area contributed by atoms with Gasteiger partial charge in [0.05, 0.1) is 0 Å². The van der Waals surface area contributed by atoms with Crippen LogP contribution >= 0.6 is 0 Å². The summed E-state index contributed by atoms with van der Waals surface area (Å²) in [5.41, 5.74) is 4.99. The van der Waals surface area contributed by atoms with Gasteiger partial charge in [-0.3, -0.25) is 4.79 Å². The quantitative estimate of drug-likeness (QED) is 0.395. The first-order valence-corrected chi connectivity index (χ1v) is 9.87. The van der Waals surface area contributed by atoms with E-state index in [2.05, 4.69) is 43.3 Å². The van der Waals surface area contributed by atoms with Crippen molar-refractivity contribution in [3.63, 3.8) is 0 Å². The summed E-state index contributed by atoms with van der Waals surface area (Å²) < 4.78 is 0. The summed E-state index contributed by atoms with van der Waals surface area (Å²) in [5.74, 6) is 0.276. The zero-order valence-corrected chi connectivity index (χ0v) is 16.6. The molecule has 2 nitrogen and oxygen atoms in total. The summed E-state index contributed by atoms with van der Waals surface area (Å²) >= 11 is 0. The summed E-state index contributed by atoms with van der Waals surface area (Å²) in [7, 11) is 4.26. The number of hydrogen-bond donors (Lipinski definition) is 0. The van der Waals surface area contributed by atoms with Crippen LogP contribution in [0.5, 0.6) is 0 Å². The van der Waals surface area contributed by atoms with Crippen molar-refractivity contribution in [1.82, 2.24) is 4.90 Å². The van der Waals surface area contributed by atoms with E-state index in [0.717, 1.165) is 49.8 Å². The normalized spacial score (nSPS) is 11.1. The average molecular weight is 352 g/mol. The molecule has 0 spiro atoms. The van der Waals surface area contributed by atoms with Crippen LogP contribution in [0.25, 0.3) is 0 Å². The van der Waals surface area contributed by atoms with Crippen molar-refractivity contribution in [3.05, 3.63) is 70.8 Å². The van der Waals surface area contributed by atoms with Gasteiger partial charge in [-0.05, 0) is 76.9 Å². The topological polar surface area (TPSA) is 20.3 Å². The van der Waals surface area contributed by atoms with E-state index in [-0.39, 0.29) is 5.78 Å². The minimum Gasteiger partial charge on any atom is -0.309 e. The van der Waals surface area contributed by atoms with E-state index in [1.807, 2.05) is 31.2 Å². The maximum absolute atomic E-state index is 12.3. The van der Waals surface area contributed by atoms with E-state index in [0.29, 0.717) is 6.42 Å². The van der Waals surface area contributed by atoms with Crippen molar-refractivity contribution in [2.45, 2.75) is 51.9 Å². The molecule has 0 aliphatic rings. The molecule has 0 saturated carbocycles. The van der Waals surface area contributed by atoms with Gasteiger partial charge < -0.3 is 4.90 Å². The molecule has 0 unspecified atom stereocenters. The molecule has 140 valence electrons. The molecule has 0 saturated heterocycles. The number of nitrogens with zero attached hydrogens (tertiary/aromatic N) is 1. The molecule has 0 atom stereocenters. The number of Topliss-reactive ketones (excluding diaryl/α,β-unsaturated/α-hetero) is 1. The second kappa shape index (κ2) is 10.9. The highest BCUT2D eigenvalue weighted by atomic mass is 16.1. The highest BCUT2D eigenvalue weighted by molar-refractivity contribution is 5.96. The van der Waals surface area contributed by atoms with Crippen molar-refractivity contribution < 1.29 is 4.79 Å². The lowest BCUT2D eigenvalue weighted by atomic mass is 9.97. The molecule has 0 radical (unpaired) electrons. The standard InChI is InChI=1S/C24H33NO/c1-20-11-9-15-23(19-20)24(26)17-6-4-5-12-21-13-7-8-14-22(21)16-10-18-25(2)3/h7-9,11,13-15,19H,4-6,10,12,16-18H2,1-3H3. The molecule has 0 aliphatic heterocycles. The van der Waals surface area contributed by atoms with Crippen molar-refractivity contribution in [2.75, 3.05) is 20.6 Å². The van der Waals surface area contributed by atoms with Crippen molar-refractivity contribution >= 4 is 5.78 Å². The first-order valence-electron chi connectivity index (χ1n) is 9.87. The lowest BCUT2D eigenvalue weighted by Gasteiger charge is -2.12. The molecule has 26 heavy (non-hydrogen) atoms. The fourth-order valence-corrected chi connectivity index (χ4v) is 3.37. The number of aryl methyl sites for hydroxylation is 3. The first kappa shape index (κ1) is 20.4. The highest BCUT2D eigenvalue weighted by Crippen LogP contribution is 2.16. The SMILES string of the molecule is Cc1cccc(C(=O)CCCCCc2ccccc2CCCN(C)C)c1. The molecule has 0 heterocycles. The smallest absolute Gasteiger partial charge is 0.162 e. The van der Waals surface area contributed by atoms with Crippen LogP contribution in [0.2, 0.25) is 0 Å². The fourth-order valence-electron chi connectivity index (χ4n) is 3.37. The van der Waals surface area contributed by atoms with E-state index in [1.165, 1.54) is 17.5 Å². The van der Waals surface area contributed by atoms with Crippen molar-refractivity contribution in [3.8, 4) is 0 Å². The first-order chi connectivity index (χ1) is 12.6. The maximum atomic E-state index is 12.3. The number of carbonyl (C=O) groups is 1. The molecule has 2 rings (SSSR count). The molecule has 0 bridgehead atoms. The molecule has 2 aromatic rings. The summed E-state index contributed by atoms with van der Waals surface area (Å²) in [6.45, 7) is 3.17. The Morgan fingerprint density at radius 3 is 2.19 bits per heavy atom. The summed E-state index contributed by atoms with van der Waals surface area (Å²) in [6, 6.07) is 16.8. The zero-order chi connectivity index (χ0) is 18.8. The third kappa shape index (κ3) is 7.13. The minimum absolute atomic E-state index is 0.276. The van der Waals surface area contributed by atoms with Crippen molar-refractivity contribution in [1.29, 1.82) is 0 Å². The molecule has 2 aromatic carbocycles. The minimum atomic E-state index is 0.276. The van der Waals surface area contributed by atoms with E-state index < -0.39 is 0 Å². The molecule has 0 aromatic heterocycles. The van der Waals surface area contributed by atoms with Gasteiger partial charge in [-0.1, -0.05) is 54.4 Å². The van der Waals surface area contributed by atoms with E-state index in [9.17, 15) is 4.79 Å². The van der Waals surface area contributed by atoms with Gasteiger partial charge in [-0.25, -0.2) is 0 Å². The van der Waals surface area contributed by atoms with Gasteiger partial charge in [-0.15, -0.1) is 0 Å². The predicted octanol–water partition coefficient (Wildman–Crippen LogP) is 5.48. The van der Waals surface area contributed by atoms with Crippen LogP contribution < -0.4 is 0 Å². The average Bonchev–Trinajstić information content (AvgIpc) is 2.62. The summed E-state index contributed by atoms with van der Waals surface area (Å²) in [5, 5.41) is 0. The van der Waals surface area contributed by atoms with Gasteiger partial charge in [0.1, 0.15) is 0 Å². The van der Waals surface area contributed by atoms with Gasteiger partial charge in [0.2, 0.25) is 0 Å². The summed E-state index contributed by atoms with van der Waals surface area (Å²) in [4.78, 5) is 14.5. The number of ketones is 1. The predicted molar refractivity (Wildman–Crippen MR) is 111 cm³/mol. The molecule has 0 amide bonds. The van der Waals surface area contributed by atoms with Crippen LogP contribution in [-0.2, 0) is 12.8 Å². The second-order valence-corrected chi connectivity index (χ2v) is 7.53. The van der Waals surface area contributed by atoms with Crippen LogP contribution in [0.1, 0.15) is 59.2 Å². The largest absolute Gasteiger partial charge is 0.309 e. The Kier molecular flexibility index (Phi) is 8.57. The second-order valence-electron chi connectivity index (χ2n) is 7.53. The molecule has 0 fully saturated rings. The number of carbonyl (C=O) groups excluding carboxylic acids is 1. The van der Waals surface area contributed by atoms with Crippen LogP contribution in [0.3, 0.4) is 0 Å². The Labute approximate surface area is 159 Å². The number of benzene rings is 2. The fraction of sp³-hybridized carbons (Fsp3) is 0.458. The van der Waals surface area contributed by atoms with Gasteiger partial charge >= 0.3 is 0 Å². The zero-order valence-electron chi connectivity index (χ0n) is 16.6. The molecule has 0 N–H and O–H groups in total. The number of rotatable bonds is 11. The monoisotopic (exact) mass is 351 g/mol. The number of unbranched alkanes of at least 4 members (excludes halogenated alkanes) is 2. The van der Waals surface area contributed by atoms with E-state index >= 15 is 0 Å². The van der Waals surface area contributed by atoms with Gasteiger partial charge in [0, 0.05) is 12.0 Å². The van der Waals surface area contributed by atoms with E-state index in [4.69, 9.17) is 0 Å². The molecular weight excluding hydrogens is 318 g/mol. The van der Waals surface area contributed by atoms with Gasteiger partial charge in [0.25, 0.3) is 0 Å².